The summed E-state index contributed by atoms with van der Waals surface area (Å²) in [6.07, 6.45) is 0. The molecular formula is C19H18N4O6. The van der Waals surface area contributed by atoms with Gasteiger partial charge in [0.25, 0.3) is 5.69 Å². The lowest BCUT2D eigenvalue weighted by Crippen LogP contribution is -2.07. The Labute approximate surface area is 165 Å². The molecule has 0 atom stereocenters. The molecule has 0 saturated carbocycles. The molecule has 1 heterocycles. The number of aromatic amines is 1. The highest BCUT2D eigenvalue weighted by Gasteiger charge is 2.20. The SMILES string of the molecule is CCOC(=O)c1n[nH]nc1-c1ccc(OC)c(COc2cccc([N+](=O)[O-])c2)c1. The van der Waals surface area contributed by atoms with Crippen molar-refractivity contribution in [1.82, 2.24) is 15.4 Å². The molecule has 10 heteroatoms. The van der Waals surface area contributed by atoms with Crippen LogP contribution >= 0.6 is 0 Å². The van der Waals surface area contributed by atoms with E-state index in [1.807, 2.05) is 0 Å². The average molecular weight is 398 g/mol. The van der Waals surface area contributed by atoms with Crippen LogP contribution in [0.3, 0.4) is 0 Å². The van der Waals surface area contributed by atoms with Crippen LogP contribution in [-0.2, 0) is 11.3 Å². The zero-order chi connectivity index (χ0) is 20.8. The van der Waals surface area contributed by atoms with Crippen LogP contribution in [0, 0.1) is 10.1 Å². The molecule has 0 fully saturated rings. The van der Waals surface area contributed by atoms with Crippen molar-refractivity contribution in [2.75, 3.05) is 13.7 Å². The van der Waals surface area contributed by atoms with E-state index >= 15 is 0 Å². The lowest BCUT2D eigenvalue weighted by atomic mass is 10.1. The number of hydrogen-bond acceptors (Lipinski definition) is 8. The van der Waals surface area contributed by atoms with Crippen LogP contribution < -0.4 is 9.47 Å². The number of H-pyrrole nitrogens is 1. The van der Waals surface area contributed by atoms with Gasteiger partial charge in [0.15, 0.2) is 5.69 Å². The molecule has 29 heavy (non-hydrogen) atoms. The minimum atomic E-state index is -0.582. The van der Waals surface area contributed by atoms with Crippen molar-refractivity contribution in [2.45, 2.75) is 13.5 Å². The molecule has 1 N–H and O–H groups in total. The van der Waals surface area contributed by atoms with E-state index in [0.717, 1.165) is 0 Å². The predicted octanol–water partition coefficient (Wildman–Crippen LogP) is 3.14. The van der Waals surface area contributed by atoms with Crippen LogP contribution in [0.1, 0.15) is 23.0 Å². The van der Waals surface area contributed by atoms with E-state index in [2.05, 4.69) is 15.4 Å². The molecule has 0 unspecified atom stereocenters. The molecule has 0 spiro atoms. The number of nitrogens with one attached hydrogen (secondary N) is 1. The second-order valence-corrected chi connectivity index (χ2v) is 5.81. The summed E-state index contributed by atoms with van der Waals surface area (Å²) in [5.41, 5.74) is 1.62. The van der Waals surface area contributed by atoms with Crippen molar-refractivity contribution in [1.29, 1.82) is 0 Å². The van der Waals surface area contributed by atoms with Gasteiger partial charge in [-0.15, -0.1) is 5.10 Å². The second-order valence-electron chi connectivity index (χ2n) is 5.81. The van der Waals surface area contributed by atoms with E-state index in [1.165, 1.54) is 19.2 Å². The molecule has 0 aliphatic carbocycles. The number of non-ortho nitro benzene ring substituents is 1. The number of nitrogens with zero attached hydrogens (tertiary/aromatic N) is 3. The Bertz CT molecular complexity index is 1030. The summed E-state index contributed by atoms with van der Waals surface area (Å²) in [4.78, 5) is 22.5. The van der Waals surface area contributed by atoms with Crippen molar-refractivity contribution in [3.8, 4) is 22.8 Å². The zero-order valence-corrected chi connectivity index (χ0v) is 15.7. The van der Waals surface area contributed by atoms with Gasteiger partial charge < -0.3 is 14.2 Å². The summed E-state index contributed by atoms with van der Waals surface area (Å²) in [6, 6.07) is 11.1. The third-order valence-corrected chi connectivity index (χ3v) is 3.99. The second kappa shape index (κ2) is 8.83. The maximum Gasteiger partial charge on any atom is 0.361 e. The Morgan fingerprint density at radius 1 is 1.21 bits per heavy atom. The van der Waals surface area contributed by atoms with Crippen molar-refractivity contribution in [3.05, 3.63) is 63.8 Å². The third-order valence-electron chi connectivity index (χ3n) is 3.99. The monoisotopic (exact) mass is 398 g/mol. The van der Waals surface area contributed by atoms with Gasteiger partial charge in [-0.25, -0.2) is 4.79 Å². The van der Waals surface area contributed by atoms with Gasteiger partial charge in [0.05, 0.1) is 24.7 Å². The fourth-order valence-corrected chi connectivity index (χ4v) is 2.66. The Morgan fingerprint density at radius 3 is 2.76 bits per heavy atom. The molecule has 0 amide bonds. The number of carbonyl (C=O) groups is 1. The van der Waals surface area contributed by atoms with Crippen LogP contribution in [0.2, 0.25) is 0 Å². The molecule has 1 aromatic heterocycles. The van der Waals surface area contributed by atoms with Crippen molar-refractivity contribution in [3.63, 3.8) is 0 Å². The molecule has 0 aliphatic rings. The van der Waals surface area contributed by atoms with Gasteiger partial charge in [-0.3, -0.25) is 10.1 Å². The van der Waals surface area contributed by atoms with Gasteiger partial charge in [-0.05, 0) is 31.2 Å². The smallest absolute Gasteiger partial charge is 0.361 e. The number of benzene rings is 2. The first-order valence-electron chi connectivity index (χ1n) is 8.66. The number of carbonyl (C=O) groups excluding carboxylic acids is 1. The summed E-state index contributed by atoms with van der Waals surface area (Å²) in [6.45, 7) is 2.01. The molecule has 0 radical (unpaired) electrons. The van der Waals surface area contributed by atoms with E-state index in [0.29, 0.717) is 28.3 Å². The number of methoxy groups -OCH3 is 1. The van der Waals surface area contributed by atoms with E-state index < -0.39 is 10.9 Å². The van der Waals surface area contributed by atoms with Crippen LogP contribution in [0.4, 0.5) is 5.69 Å². The summed E-state index contributed by atoms with van der Waals surface area (Å²) in [5.74, 6) is 0.321. The quantitative estimate of drug-likeness (QED) is 0.348. The highest BCUT2D eigenvalue weighted by Crippen LogP contribution is 2.29. The molecule has 0 saturated heterocycles. The van der Waals surface area contributed by atoms with Gasteiger partial charge >= 0.3 is 5.97 Å². The summed E-state index contributed by atoms with van der Waals surface area (Å²) < 4.78 is 16.0. The van der Waals surface area contributed by atoms with Gasteiger partial charge in [0.1, 0.15) is 23.8 Å². The lowest BCUT2D eigenvalue weighted by Gasteiger charge is -2.12. The maximum absolute atomic E-state index is 12.1. The third kappa shape index (κ3) is 4.49. The Morgan fingerprint density at radius 2 is 2.03 bits per heavy atom. The first-order valence-corrected chi connectivity index (χ1v) is 8.66. The van der Waals surface area contributed by atoms with Gasteiger partial charge in [-0.2, -0.15) is 10.3 Å². The average Bonchev–Trinajstić information content (AvgIpc) is 3.22. The number of hydrogen-bond donors (Lipinski definition) is 1. The largest absolute Gasteiger partial charge is 0.496 e. The Balaban J connectivity index is 1.87. The zero-order valence-electron chi connectivity index (χ0n) is 15.7. The number of ether oxygens (including phenoxy) is 3. The fraction of sp³-hybridized carbons (Fsp3) is 0.211. The maximum atomic E-state index is 12.1. The number of aromatic nitrogens is 3. The Kier molecular flexibility index (Phi) is 6.03. The van der Waals surface area contributed by atoms with Gasteiger partial charge in [0.2, 0.25) is 0 Å². The molecule has 0 aliphatic heterocycles. The first kappa shape index (κ1) is 19.8. The number of nitro groups is 1. The number of rotatable bonds is 8. The van der Waals surface area contributed by atoms with E-state index in [9.17, 15) is 14.9 Å². The van der Waals surface area contributed by atoms with Crippen LogP contribution in [-0.4, -0.2) is 40.0 Å². The highest BCUT2D eigenvalue weighted by molar-refractivity contribution is 5.94. The van der Waals surface area contributed by atoms with Gasteiger partial charge in [-0.1, -0.05) is 6.07 Å². The van der Waals surface area contributed by atoms with Crippen molar-refractivity contribution in [2.24, 2.45) is 0 Å². The van der Waals surface area contributed by atoms with Gasteiger partial charge in [0, 0.05) is 17.2 Å². The molecule has 2 aromatic carbocycles. The van der Waals surface area contributed by atoms with Crippen LogP contribution in [0.25, 0.3) is 11.3 Å². The van der Waals surface area contributed by atoms with E-state index in [-0.39, 0.29) is 24.6 Å². The van der Waals surface area contributed by atoms with Crippen LogP contribution in [0.5, 0.6) is 11.5 Å². The predicted molar refractivity (Wildman–Crippen MR) is 102 cm³/mol. The van der Waals surface area contributed by atoms with Crippen molar-refractivity contribution < 1.29 is 23.9 Å². The molecule has 10 nitrogen and oxygen atoms in total. The standard InChI is InChI=1S/C19H18N4O6/c1-3-28-19(24)18-17(20-22-21-18)12-7-8-16(27-2)13(9-12)11-29-15-6-4-5-14(10-15)23(25)26/h4-10H,3,11H2,1-2H3,(H,20,21,22). The summed E-state index contributed by atoms with van der Waals surface area (Å²) >= 11 is 0. The minimum absolute atomic E-state index is 0.0649. The topological polar surface area (TPSA) is 129 Å². The number of nitro benzene ring substituents is 1. The highest BCUT2D eigenvalue weighted by atomic mass is 16.6. The summed E-state index contributed by atoms with van der Waals surface area (Å²) in [5, 5.41) is 21.3. The minimum Gasteiger partial charge on any atom is -0.496 e. The van der Waals surface area contributed by atoms with E-state index in [4.69, 9.17) is 14.2 Å². The van der Waals surface area contributed by atoms with Crippen LogP contribution in [0.15, 0.2) is 42.5 Å². The molecule has 3 rings (SSSR count). The fourth-order valence-electron chi connectivity index (χ4n) is 2.66. The molecule has 0 bridgehead atoms. The molecule has 3 aromatic rings. The lowest BCUT2D eigenvalue weighted by molar-refractivity contribution is -0.384. The molecular weight excluding hydrogens is 380 g/mol. The summed E-state index contributed by atoms with van der Waals surface area (Å²) in [7, 11) is 1.52. The Hall–Kier alpha value is -3.95. The van der Waals surface area contributed by atoms with E-state index in [1.54, 1.807) is 37.3 Å². The normalized spacial score (nSPS) is 10.4. The molecule has 150 valence electrons. The first-order chi connectivity index (χ1) is 14.0. The number of esters is 1. The van der Waals surface area contributed by atoms with Crippen molar-refractivity contribution >= 4 is 11.7 Å².